The van der Waals surface area contributed by atoms with Gasteiger partial charge in [-0.3, -0.25) is 4.79 Å². The number of H-pyrrole nitrogens is 1. The van der Waals surface area contributed by atoms with Crippen molar-refractivity contribution in [2.24, 2.45) is 0 Å². The van der Waals surface area contributed by atoms with Gasteiger partial charge in [0, 0.05) is 36.0 Å². The fraction of sp³-hybridized carbons (Fsp3) is 0.158. The summed E-state index contributed by atoms with van der Waals surface area (Å²) in [4.78, 5) is 29.2. The largest absolute Gasteiger partial charge is 0.361 e. The topological polar surface area (TPSA) is 83.6 Å². The minimum absolute atomic E-state index is 0.109. The first-order valence-electron chi connectivity index (χ1n) is 8.30. The van der Waals surface area contributed by atoms with E-state index in [-0.39, 0.29) is 5.91 Å². The molecular weight excluding hydrogens is 346 g/mol. The molecule has 6 nitrogen and oxygen atoms in total. The summed E-state index contributed by atoms with van der Waals surface area (Å²) in [5.74, 6) is 0.431. The number of carbonyl (C=O) groups is 1. The van der Waals surface area contributed by atoms with Gasteiger partial charge in [-0.2, -0.15) is 0 Å². The van der Waals surface area contributed by atoms with E-state index in [0.29, 0.717) is 27.9 Å². The van der Waals surface area contributed by atoms with Crippen molar-refractivity contribution in [2.45, 2.75) is 13.3 Å². The van der Waals surface area contributed by atoms with Crippen molar-refractivity contribution in [3.63, 3.8) is 0 Å². The van der Waals surface area contributed by atoms with Crippen molar-refractivity contribution >= 4 is 28.1 Å². The molecule has 7 heteroatoms. The van der Waals surface area contributed by atoms with E-state index in [2.05, 4.69) is 31.3 Å². The number of hydrogen-bond acceptors (Lipinski definition) is 5. The summed E-state index contributed by atoms with van der Waals surface area (Å²) in [6.45, 7) is 2.40. The van der Waals surface area contributed by atoms with Crippen molar-refractivity contribution in [3.05, 3.63) is 65.1 Å². The molecule has 26 heavy (non-hydrogen) atoms. The fourth-order valence-corrected chi connectivity index (χ4v) is 3.77. The Morgan fingerprint density at radius 3 is 2.85 bits per heavy atom. The summed E-state index contributed by atoms with van der Waals surface area (Å²) >= 11 is 1.32. The highest BCUT2D eigenvalue weighted by molar-refractivity contribution is 7.17. The summed E-state index contributed by atoms with van der Waals surface area (Å²) in [6.07, 6.45) is 6.10. The molecule has 0 fully saturated rings. The van der Waals surface area contributed by atoms with Gasteiger partial charge in [0.2, 0.25) is 0 Å². The number of benzene rings is 1. The molecule has 3 heterocycles. The number of aromatic nitrogens is 4. The molecule has 0 spiro atoms. The molecular formula is C19H17N5OS. The third-order valence-electron chi connectivity index (χ3n) is 4.11. The number of fused-ring (bicyclic) bond motifs is 1. The average molecular weight is 363 g/mol. The number of aryl methyl sites for hydroxylation is 1. The number of amides is 1. The third-order valence-corrected chi connectivity index (χ3v) is 5.27. The third kappa shape index (κ3) is 3.21. The minimum atomic E-state index is -0.109. The zero-order valence-corrected chi connectivity index (χ0v) is 15.0. The standard InChI is InChI=1S/C19H17N5OS/c1-12-16(26-19(24-12)17-20-8-4-9-21-17)18(25)22-10-7-13-11-23-15-6-3-2-5-14(13)15/h2-6,8-9,11,23H,7,10H2,1H3,(H,22,25). The van der Waals surface area contributed by atoms with Gasteiger partial charge in [0.05, 0.1) is 5.69 Å². The van der Waals surface area contributed by atoms with Gasteiger partial charge in [-0.25, -0.2) is 15.0 Å². The molecule has 3 aromatic heterocycles. The summed E-state index contributed by atoms with van der Waals surface area (Å²) in [5.41, 5.74) is 3.00. The number of nitrogens with one attached hydrogen (secondary N) is 2. The predicted octanol–water partition coefficient (Wildman–Crippen LogP) is 3.36. The molecule has 4 rings (SSSR count). The second-order valence-corrected chi connectivity index (χ2v) is 6.87. The summed E-state index contributed by atoms with van der Waals surface area (Å²) in [6, 6.07) is 9.91. The van der Waals surface area contributed by atoms with Gasteiger partial charge in [0.15, 0.2) is 10.8 Å². The quantitative estimate of drug-likeness (QED) is 0.569. The Morgan fingerprint density at radius 2 is 2.00 bits per heavy atom. The lowest BCUT2D eigenvalue weighted by Gasteiger charge is -2.03. The Hall–Kier alpha value is -3.06. The maximum absolute atomic E-state index is 12.5. The Balaban J connectivity index is 1.43. The van der Waals surface area contributed by atoms with Crippen LogP contribution < -0.4 is 5.32 Å². The molecule has 1 amide bonds. The summed E-state index contributed by atoms with van der Waals surface area (Å²) < 4.78 is 0. The van der Waals surface area contributed by atoms with Crippen LogP contribution in [0.1, 0.15) is 20.9 Å². The molecule has 0 atom stereocenters. The molecule has 0 radical (unpaired) electrons. The van der Waals surface area contributed by atoms with Crippen LogP contribution >= 0.6 is 11.3 Å². The van der Waals surface area contributed by atoms with Gasteiger partial charge in [-0.15, -0.1) is 11.3 Å². The first kappa shape index (κ1) is 16.4. The zero-order valence-electron chi connectivity index (χ0n) is 14.2. The van der Waals surface area contributed by atoms with Crippen molar-refractivity contribution in [1.29, 1.82) is 0 Å². The molecule has 0 aliphatic heterocycles. The number of para-hydroxylation sites is 1. The first-order valence-corrected chi connectivity index (χ1v) is 9.12. The molecule has 2 N–H and O–H groups in total. The normalized spacial score (nSPS) is 11.0. The molecule has 0 unspecified atom stereocenters. The maximum atomic E-state index is 12.5. The van der Waals surface area contributed by atoms with Crippen LogP contribution in [0.25, 0.3) is 21.7 Å². The fourth-order valence-electron chi connectivity index (χ4n) is 2.84. The highest BCUT2D eigenvalue weighted by atomic mass is 32.1. The minimum Gasteiger partial charge on any atom is -0.361 e. The first-order chi connectivity index (χ1) is 12.7. The number of rotatable bonds is 5. The van der Waals surface area contributed by atoms with Crippen LogP contribution in [0.15, 0.2) is 48.9 Å². The number of hydrogen-bond donors (Lipinski definition) is 2. The second-order valence-electron chi connectivity index (χ2n) is 5.87. The van der Waals surface area contributed by atoms with Gasteiger partial charge in [0.25, 0.3) is 5.91 Å². The molecule has 1 aromatic carbocycles. The van der Waals surface area contributed by atoms with Gasteiger partial charge in [-0.1, -0.05) is 18.2 Å². The highest BCUT2D eigenvalue weighted by Gasteiger charge is 2.17. The van der Waals surface area contributed by atoms with E-state index in [1.54, 1.807) is 18.5 Å². The highest BCUT2D eigenvalue weighted by Crippen LogP contribution is 2.25. The molecule has 0 aliphatic carbocycles. The van der Waals surface area contributed by atoms with Gasteiger partial charge >= 0.3 is 0 Å². The smallest absolute Gasteiger partial charge is 0.263 e. The average Bonchev–Trinajstić information content (AvgIpc) is 3.26. The molecule has 0 saturated heterocycles. The zero-order chi connectivity index (χ0) is 17.9. The van der Waals surface area contributed by atoms with E-state index in [9.17, 15) is 4.79 Å². The van der Waals surface area contributed by atoms with Crippen LogP contribution in [-0.2, 0) is 6.42 Å². The Labute approximate surface area is 154 Å². The maximum Gasteiger partial charge on any atom is 0.263 e. The predicted molar refractivity (Wildman–Crippen MR) is 102 cm³/mol. The second kappa shape index (κ2) is 7.05. The van der Waals surface area contributed by atoms with E-state index in [0.717, 1.165) is 11.9 Å². The monoisotopic (exact) mass is 363 g/mol. The lowest BCUT2D eigenvalue weighted by atomic mass is 10.1. The van der Waals surface area contributed by atoms with Crippen molar-refractivity contribution in [3.8, 4) is 10.8 Å². The Kier molecular flexibility index (Phi) is 4.45. The molecule has 0 saturated carbocycles. The Bertz CT molecular complexity index is 1050. The van der Waals surface area contributed by atoms with Crippen LogP contribution in [0.3, 0.4) is 0 Å². The van der Waals surface area contributed by atoms with Crippen molar-refractivity contribution in [1.82, 2.24) is 25.3 Å². The SMILES string of the molecule is Cc1nc(-c2ncccn2)sc1C(=O)NCCc1c[nH]c2ccccc12. The number of thiazole rings is 1. The van der Waals surface area contributed by atoms with Crippen molar-refractivity contribution in [2.75, 3.05) is 6.54 Å². The van der Waals surface area contributed by atoms with E-state index < -0.39 is 0 Å². The lowest BCUT2D eigenvalue weighted by molar-refractivity contribution is 0.0957. The van der Waals surface area contributed by atoms with Crippen LogP contribution in [0.4, 0.5) is 0 Å². The van der Waals surface area contributed by atoms with Crippen LogP contribution in [0.2, 0.25) is 0 Å². The van der Waals surface area contributed by atoms with E-state index in [4.69, 9.17) is 0 Å². The van der Waals surface area contributed by atoms with Gasteiger partial charge < -0.3 is 10.3 Å². The molecule has 0 aliphatic rings. The van der Waals surface area contributed by atoms with E-state index in [1.807, 2.05) is 31.3 Å². The van der Waals surface area contributed by atoms with Crippen molar-refractivity contribution < 1.29 is 4.79 Å². The van der Waals surface area contributed by atoms with Gasteiger partial charge in [-0.05, 0) is 31.0 Å². The number of nitrogens with zero attached hydrogens (tertiary/aromatic N) is 3. The van der Waals surface area contributed by atoms with E-state index in [1.165, 1.54) is 22.3 Å². The van der Waals surface area contributed by atoms with Crippen LogP contribution in [-0.4, -0.2) is 32.4 Å². The Morgan fingerprint density at radius 1 is 1.19 bits per heavy atom. The van der Waals surface area contributed by atoms with E-state index >= 15 is 0 Å². The van der Waals surface area contributed by atoms with Gasteiger partial charge in [0.1, 0.15) is 4.88 Å². The summed E-state index contributed by atoms with van der Waals surface area (Å²) in [7, 11) is 0. The number of carbonyl (C=O) groups excluding carboxylic acids is 1. The molecule has 0 bridgehead atoms. The lowest BCUT2D eigenvalue weighted by Crippen LogP contribution is -2.25. The van der Waals surface area contributed by atoms with Crippen LogP contribution in [0, 0.1) is 6.92 Å². The summed E-state index contributed by atoms with van der Waals surface area (Å²) in [5, 5.41) is 4.84. The molecule has 4 aromatic rings. The van der Waals surface area contributed by atoms with Crippen LogP contribution in [0.5, 0.6) is 0 Å². The molecule has 130 valence electrons. The number of aromatic amines is 1.